The Kier molecular flexibility index (Phi) is 7.07. The van der Waals surface area contributed by atoms with Gasteiger partial charge in [0.25, 0.3) is 0 Å². The number of sulfonamides is 1. The maximum Gasteiger partial charge on any atom is 0.240 e. The van der Waals surface area contributed by atoms with Gasteiger partial charge in [-0.2, -0.15) is 5.10 Å². The third-order valence-corrected chi connectivity index (χ3v) is 5.86. The van der Waals surface area contributed by atoms with Crippen LogP contribution in [0.25, 0.3) is 0 Å². The Hall–Kier alpha value is -2.63. The van der Waals surface area contributed by atoms with Crippen LogP contribution >= 0.6 is 0 Å². The summed E-state index contributed by atoms with van der Waals surface area (Å²) in [6, 6.07) is 6.33. The quantitative estimate of drug-likeness (QED) is 0.563. The summed E-state index contributed by atoms with van der Waals surface area (Å²) in [6.07, 6.45) is 1.70. The molecule has 0 unspecified atom stereocenters. The fourth-order valence-electron chi connectivity index (χ4n) is 2.88. The number of ether oxygens (including phenoxy) is 3. The summed E-state index contributed by atoms with van der Waals surface area (Å²) in [7, 11) is -0.732. The maximum atomic E-state index is 12.5. The van der Waals surface area contributed by atoms with Crippen LogP contribution < -0.4 is 24.4 Å². The molecule has 1 aliphatic heterocycles. The Morgan fingerprint density at radius 1 is 1.10 bits per heavy atom. The standard InChI is InChI=1S/C18H25N5O5S/c1-26-16-4-3-15(12-17(16)27-2)29(24,25)21-6-5-19-18-11-14(13-20-22-18)23-7-9-28-10-8-23/h3-4,11-13,21H,5-10H2,1-2H3,(H,19,22). The highest BCUT2D eigenvalue weighted by atomic mass is 32.2. The number of rotatable bonds is 9. The molecule has 1 fully saturated rings. The number of hydrogen-bond acceptors (Lipinski definition) is 9. The second kappa shape index (κ2) is 9.72. The van der Waals surface area contributed by atoms with Crippen molar-refractivity contribution in [3.63, 3.8) is 0 Å². The molecule has 2 heterocycles. The average Bonchev–Trinajstić information content (AvgIpc) is 2.77. The molecule has 158 valence electrons. The molecule has 0 spiro atoms. The molecule has 0 radical (unpaired) electrons. The minimum absolute atomic E-state index is 0.101. The monoisotopic (exact) mass is 423 g/mol. The molecule has 0 bridgehead atoms. The number of aromatic nitrogens is 2. The second-order valence-corrected chi connectivity index (χ2v) is 8.01. The summed E-state index contributed by atoms with van der Waals surface area (Å²) in [5.74, 6) is 1.40. The normalized spacial score (nSPS) is 14.5. The number of hydrogen-bond donors (Lipinski definition) is 2. The van der Waals surface area contributed by atoms with Crippen molar-refractivity contribution in [2.45, 2.75) is 4.90 Å². The van der Waals surface area contributed by atoms with E-state index < -0.39 is 10.0 Å². The van der Waals surface area contributed by atoms with Crippen LogP contribution in [0.15, 0.2) is 35.4 Å². The van der Waals surface area contributed by atoms with Gasteiger partial charge in [0.05, 0.1) is 44.2 Å². The van der Waals surface area contributed by atoms with Crippen LogP contribution in [0.5, 0.6) is 11.5 Å². The Bertz CT molecular complexity index is 919. The van der Waals surface area contributed by atoms with E-state index in [1.165, 1.54) is 26.4 Å². The second-order valence-electron chi connectivity index (χ2n) is 6.24. The predicted molar refractivity (Wildman–Crippen MR) is 108 cm³/mol. The molecule has 0 amide bonds. The summed E-state index contributed by atoms with van der Waals surface area (Å²) in [5, 5.41) is 11.1. The van der Waals surface area contributed by atoms with Crippen molar-refractivity contribution in [1.82, 2.24) is 14.9 Å². The van der Waals surface area contributed by atoms with Crippen LogP contribution in [-0.4, -0.2) is 72.2 Å². The Balaban J connectivity index is 1.54. The first kappa shape index (κ1) is 21.1. The van der Waals surface area contributed by atoms with E-state index in [1.807, 2.05) is 6.07 Å². The van der Waals surface area contributed by atoms with Gasteiger partial charge in [-0.25, -0.2) is 13.1 Å². The summed E-state index contributed by atoms with van der Waals surface area (Å²) in [4.78, 5) is 2.27. The Morgan fingerprint density at radius 3 is 2.59 bits per heavy atom. The first-order valence-corrected chi connectivity index (χ1v) is 10.6. The van der Waals surface area contributed by atoms with E-state index in [1.54, 1.807) is 12.3 Å². The van der Waals surface area contributed by atoms with E-state index in [0.29, 0.717) is 37.1 Å². The molecule has 1 aromatic carbocycles. The van der Waals surface area contributed by atoms with Gasteiger partial charge in [0.2, 0.25) is 10.0 Å². The van der Waals surface area contributed by atoms with Gasteiger partial charge >= 0.3 is 0 Å². The first-order chi connectivity index (χ1) is 14.0. The van der Waals surface area contributed by atoms with Crippen LogP contribution in [0.2, 0.25) is 0 Å². The van der Waals surface area contributed by atoms with E-state index >= 15 is 0 Å². The van der Waals surface area contributed by atoms with Crippen molar-refractivity contribution >= 4 is 21.5 Å². The van der Waals surface area contributed by atoms with Crippen molar-refractivity contribution in [2.24, 2.45) is 0 Å². The molecule has 10 nitrogen and oxygen atoms in total. The lowest BCUT2D eigenvalue weighted by Crippen LogP contribution is -2.36. The van der Waals surface area contributed by atoms with Crippen molar-refractivity contribution < 1.29 is 22.6 Å². The molecular weight excluding hydrogens is 398 g/mol. The lowest BCUT2D eigenvalue weighted by molar-refractivity contribution is 0.122. The fourth-order valence-corrected chi connectivity index (χ4v) is 3.93. The van der Waals surface area contributed by atoms with E-state index in [0.717, 1.165) is 18.8 Å². The highest BCUT2D eigenvalue weighted by Crippen LogP contribution is 2.29. The largest absolute Gasteiger partial charge is 0.493 e. The van der Waals surface area contributed by atoms with E-state index in [-0.39, 0.29) is 11.4 Å². The molecule has 2 aromatic rings. The Morgan fingerprint density at radius 2 is 1.86 bits per heavy atom. The van der Waals surface area contributed by atoms with Gasteiger partial charge in [0.15, 0.2) is 17.3 Å². The summed E-state index contributed by atoms with van der Waals surface area (Å²) < 4.78 is 43.2. The van der Waals surface area contributed by atoms with E-state index in [4.69, 9.17) is 14.2 Å². The molecule has 0 aliphatic carbocycles. The number of anilines is 2. The van der Waals surface area contributed by atoms with Crippen LogP contribution in [-0.2, 0) is 14.8 Å². The zero-order valence-electron chi connectivity index (χ0n) is 16.4. The number of morpholine rings is 1. The van der Waals surface area contributed by atoms with Crippen LogP contribution in [0.4, 0.5) is 11.5 Å². The molecule has 1 aromatic heterocycles. The van der Waals surface area contributed by atoms with Crippen molar-refractivity contribution in [3.05, 3.63) is 30.5 Å². The minimum atomic E-state index is -3.68. The van der Waals surface area contributed by atoms with E-state index in [9.17, 15) is 8.42 Å². The zero-order chi connectivity index (χ0) is 20.7. The molecule has 2 N–H and O–H groups in total. The first-order valence-electron chi connectivity index (χ1n) is 9.14. The number of methoxy groups -OCH3 is 2. The van der Waals surface area contributed by atoms with Gasteiger partial charge in [-0.15, -0.1) is 5.10 Å². The van der Waals surface area contributed by atoms with Crippen LogP contribution in [0.1, 0.15) is 0 Å². The third kappa shape index (κ3) is 5.46. The fraction of sp³-hybridized carbons (Fsp3) is 0.444. The van der Waals surface area contributed by atoms with Gasteiger partial charge in [0, 0.05) is 38.3 Å². The molecule has 1 aliphatic rings. The van der Waals surface area contributed by atoms with Gasteiger partial charge in [0.1, 0.15) is 0 Å². The molecule has 11 heteroatoms. The van der Waals surface area contributed by atoms with Crippen molar-refractivity contribution in [1.29, 1.82) is 0 Å². The molecule has 0 atom stereocenters. The summed E-state index contributed by atoms with van der Waals surface area (Å²) in [5.41, 5.74) is 0.955. The van der Waals surface area contributed by atoms with Crippen molar-refractivity contribution in [2.75, 3.05) is 63.8 Å². The van der Waals surface area contributed by atoms with Crippen LogP contribution in [0.3, 0.4) is 0 Å². The zero-order valence-corrected chi connectivity index (χ0v) is 17.2. The SMILES string of the molecule is COc1ccc(S(=O)(=O)NCCNc2cc(N3CCOCC3)cnn2)cc1OC. The average molecular weight is 423 g/mol. The Labute approximate surface area is 170 Å². The topological polar surface area (TPSA) is 115 Å². The summed E-state index contributed by atoms with van der Waals surface area (Å²) in [6.45, 7) is 3.51. The predicted octanol–water partition coefficient (Wildman–Crippen LogP) is 0.721. The molecular formula is C18H25N5O5S. The smallest absolute Gasteiger partial charge is 0.240 e. The summed E-state index contributed by atoms with van der Waals surface area (Å²) >= 11 is 0. The van der Waals surface area contributed by atoms with Gasteiger partial charge in [-0.3, -0.25) is 0 Å². The number of benzene rings is 1. The molecule has 1 saturated heterocycles. The lowest BCUT2D eigenvalue weighted by Gasteiger charge is -2.28. The van der Waals surface area contributed by atoms with Crippen LogP contribution in [0, 0.1) is 0 Å². The van der Waals surface area contributed by atoms with Gasteiger partial charge in [-0.05, 0) is 12.1 Å². The number of nitrogens with one attached hydrogen (secondary N) is 2. The lowest BCUT2D eigenvalue weighted by atomic mass is 10.3. The highest BCUT2D eigenvalue weighted by Gasteiger charge is 2.17. The van der Waals surface area contributed by atoms with Gasteiger partial charge < -0.3 is 24.4 Å². The van der Waals surface area contributed by atoms with Gasteiger partial charge in [-0.1, -0.05) is 0 Å². The molecule has 29 heavy (non-hydrogen) atoms. The van der Waals surface area contributed by atoms with E-state index in [2.05, 4.69) is 25.1 Å². The maximum absolute atomic E-state index is 12.5. The van der Waals surface area contributed by atoms with Crippen molar-refractivity contribution in [3.8, 4) is 11.5 Å². The highest BCUT2D eigenvalue weighted by molar-refractivity contribution is 7.89. The number of nitrogens with zero attached hydrogens (tertiary/aromatic N) is 3. The third-order valence-electron chi connectivity index (χ3n) is 4.40. The minimum Gasteiger partial charge on any atom is -0.493 e. The molecule has 0 saturated carbocycles. The molecule has 3 rings (SSSR count).